The summed E-state index contributed by atoms with van der Waals surface area (Å²) < 4.78 is 23.9. The van der Waals surface area contributed by atoms with Gasteiger partial charge in [0.15, 0.2) is 0 Å². The standard InChI is InChI=1S/C10H17N5O3S/c1-19(17,18)13-7-3-6-12-10(16)8-4-2-5-9(14-8)15-11/h2,4-5,13H,3,6-7,11H2,1H3,(H,12,16)(H,14,15). The van der Waals surface area contributed by atoms with Crippen molar-refractivity contribution in [3.8, 4) is 0 Å². The van der Waals surface area contributed by atoms with E-state index in [-0.39, 0.29) is 18.1 Å². The highest BCUT2D eigenvalue weighted by molar-refractivity contribution is 7.88. The van der Waals surface area contributed by atoms with Crippen molar-refractivity contribution in [2.24, 2.45) is 5.84 Å². The van der Waals surface area contributed by atoms with Gasteiger partial charge >= 0.3 is 0 Å². The molecule has 19 heavy (non-hydrogen) atoms. The van der Waals surface area contributed by atoms with E-state index < -0.39 is 10.0 Å². The van der Waals surface area contributed by atoms with Gasteiger partial charge in [-0.05, 0) is 18.6 Å². The zero-order valence-electron chi connectivity index (χ0n) is 10.5. The molecular weight excluding hydrogens is 270 g/mol. The average molecular weight is 287 g/mol. The van der Waals surface area contributed by atoms with Crippen molar-refractivity contribution in [2.45, 2.75) is 6.42 Å². The topological polar surface area (TPSA) is 126 Å². The number of nitrogens with one attached hydrogen (secondary N) is 3. The first kappa shape index (κ1) is 15.3. The lowest BCUT2D eigenvalue weighted by molar-refractivity contribution is 0.0948. The number of nitrogens with two attached hydrogens (primary N) is 1. The van der Waals surface area contributed by atoms with Gasteiger partial charge in [-0.25, -0.2) is 24.0 Å². The minimum Gasteiger partial charge on any atom is -0.351 e. The van der Waals surface area contributed by atoms with Crippen LogP contribution in [0.3, 0.4) is 0 Å². The number of carbonyl (C=O) groups excluding carboxylic acids is 1. The molecule has 1 amide bonds. The second-order valence-electron chi connectivity index (χ2n) is 3.83. The van der Waals surface area contributed by atoms with E-state index in [1.165, 1.54) is 0 Å². The van der Waals surface area contributed by atoms with E-state index in [0.717, 1.165) is 6.26 Å². The maximum Gasteiger partial charge on any atom is 0.269 e. The molecule has 1 aromatic heterocycles. The molecule has 8 nitrogen and oxygen atoms in total. The Morgan fingerprint density at radius 1 is 1.37 bits per heavy atom. The second-order valence-corrected chi connectivity index (χ2v) is 5.66. The van der Waals surface area contributed by atoms with E-state index in [1.807, 2.05) is 0 Å². The summed E-state index contributed by atoms with van der Waals surface area (Å²) in [6.07, 6.45) is 1.58. The molecule has 0 saturated heterocycles. The van der Waals surface area contributed by atoms with Crippen LogP contribution >= 0.6 is 0 Å². The number of hydrogen-bond donors (Lipinski definition) is 4. The molecular formula is C10H17N5O3S. The number of hydrogen-bond acceptors (Lipinski definition) is 6. The summed E-state index contributed by atoms with van der Waals surface area (Å²) in [5.41, 5.74) is 2.59. The molecule has 106 valence electrons. The van der Waals surface area contributed by atoms with Gasteiger partial charge in [0.2, 0.25) is 10.0 Å². The van der Waals surface area contributed by atoms with Gasteiger partial charge in [0.05, 0.1) is 6.26 Å². The molecule has 0 atom stereocenters. The van der Waals surface area contributed by atoms with Crippen LogP contribution in [0.2, 0.25) is 0 Å². The van der Waals surface area contributed by atoms with Crippen LogP contribution in [0.1, 0.15) is 16.9 Å². The molecule has 0 aromatic carbocycles. The third-order valence-corrected chi connectivity index (χ3v) is 2.86. The first-order valence-corrected chi connectivity index (χ1v) is 7.48. The predicted octanol–water partition coefficient (Wildman–Crippen LogP) is -0.964. The van der Waals surface area contributed by atoms with E-state index in [0.29, 0.717) is 18.8 Å². The van der Waals surface area contributed by atoms with Crippen LogP contribution in [0.4, 0.5) is 5.82 Å². The minimum absolute atomic E-state index is 0.242. The van der Waals surface area contributed by atoms with Gasteiger partial charge in [-0.1, -0.05) is 6.07 Å². The second kappa shape index (κ2) is 7.02. The molecule has 0 saturated carbocycles. The molecule has 1 heterocycles. The van der Waals surface area contributed by atoms with Crippen molar-refractivity contribution in [1.82, 2.24) is 15.0 Å². The van der Waals surface area contributed by atoms with E-state index >= 15 is 0 Å². The monoisotopic (exact) mass is 287 g/mol. The summed E-state index contributed by atoms with van der Waals surface area (Å²) >= 11 is 0. The number of sulfonamides is 1. The molecule has 0 spiro atoms. The number of amides is 1. The van der Waals surface area contributed by atoms with Crippen LogP contribution in [0.15, 0.2) is 18.2 Å². The number of pyridine rings is 1. The van der Waals surface area contributed by atoms with Crippen molar-refractivity contribution in [3.63, 3.8) is 0 Å². The number of nitrogens with zero attached hydrogens (tertiary/aromatic N) is 1. The van der Waals surface area contributed by atoms with Gasteiger partial charge in [0.1, 0.15) is 11.5 Å². The summed E-state index contributed by atoms with van der Waals surface area (Å²) in [6, 6.07) is 4.85. The predicted molar refractivity (Wildman–Crippen MR) is 71.8 cm³/mol. The maximum absolute atomic E-state index is 11.7. The number of anilines is 1. The van der Waals surface area contributed by atoms with E-state index in [1.54, 1.807) is 18.2 Å². The molecule has 0 aliphatic carbocycles. The number of carbonyl (C=O) groups is 1. The van der Waals surface area contributed by atoms with Gasteiger partial charge in [0, 0.05) is 13.1 Å². The van der Waals surface area contributed by atoms with Crippen LogP contribution in [0.25, 0.3) is 0 Å². The summed E-state index contributed by atoms with van der Waals surface area (Å²) in [7, 11) is -3.18. The molecule has 0 aliphatic rings. The Morgan fingerprint density at radius 3 is 2.74 bits per heavy atom. The Balaban J connectivity index is 2.35. The van der Waals surface area contributed by atoms with Gasteiger partial charge in [-0.2, -0.15) is 0 Å². The highest BCUT2D eigenvalue weighted by atomic mass is 32.2. The highest BCUT2D eigenvalue weighted by Crippen LogP contribution is 2.02. The Morgan fingerprint density at radius 2 is 2.11 bits per heavy atom. The van der Waals surface area contributed by atoms with Gasteiger partial charge < -0.3 is 10.7 Å². The summed E-state index contributed by atoms with van der Waals surface area (Å²) in [5.74, 6) is 5.25. The van der Waals surface area contributed by atoms with Gasteiger partial charge in [-0.3, -0.25) is 4.79 Å². The van der Waals surface area contributed by atoms with Crippen LogP contribution in [0.5, 0.6) is 0 Å². The molecule has 0 fully saturated rings. The molecule has 1 aromatic rings. The quantitative estimate of drug-likeness (QED) is 0.290. The van der Waals surface area contributed by atoms with Gasteiger partial charge in [-0.15, -0.1) is 0 Å². The first-order chi connectivity index (χ1) is 8.92. The molecule has 0 radical (unpaired) electrons. The Kier molecular flexibility index (Phi) is 5.67. The third-order valence-electron chi connectivity index (χ3n) is 2.13. The largest absolute Gasteiger partial charge is 0.351 e. The van der Waals surface area contributed by atoms with Crippen LogP contribution in [-0.4, -0.2) is 38.7 Å². The number of nitrogen functional groups attached to an aromatic ring is 1. The fourth-order valence-corrected chi connectivity index (χ4v) is 1.80. The SMILES string of the molecule is CS(=O)(=O)NCCCNC(=O)c1cccc(NN)n1. The highest BCUT2D eigenvalue weighted by Gasteiger charge is 2.07. The summed E-state index contributed by atoms with van der Waals surface area (Å²) in [4.78, 5) is 15.7. The average Bonchev–Trinajstić information content (AvgIpc) is 2.37. The molecule has 0 aliphatic heterocycles. The Hall–Kier alpha value is -1.71. The summed E-state index contributed by atoms with van der Waals surface area (Å²) in [5, 5.41) is 2.63. The Labute approximate surface area is 111 Å². The maximum atomic E-state index is 11.7. The first-order valence-electron chi connectivity index (χ1n) is 5.59. The van der Waals surface area contributed by atoms with Crippen LogP contribution in [0, 0.1) is 0 Å². The van der Waals surface area contributed by atoms with E-state index in [4.69, 9.17) is 5.84 Å². The van der Waals surface area contributed by atoms with Crippen molar-refractivity contribution in [3.05, 3.63) is 23.9 Å². The molecule has 0 unspecified atom stereocenters. The van der Waals surface area contributed by atoms with E-state index in [9.17, 15) is 13.2 Å². The van der Waals surface area contributed by atoms with Crippen molar-refractivity contribution in [1.29, 1.82) is 0 Å². The zero-order valence-corrected chi connectivity index (χ0v) is 11.3. The van der Waals surface area contributed by atoms with Gasteiger partial charge in [0.25, 0.3) is 5.91 Å². The molecule has 9 heteroatoms. The number of aromatic nitrogens is 1. The molecule has 1 rings (SSSR count). The number of rotatable bonds is 7. The van der Waals surface area contributed by atoms with E-state index in [2.05, 4.69) is 20.4 Å². The fraction of sp³-hybridized carbons (Fsp3) is 0.400. The molecule has 0 bridgehead atoms. The minimum atomic E-state index is -3.18. The lowest BCUT2D eigenvalue weighted by Crippen LogP contribution is -2.29. The van der Waals surface area contributed by atoms with Crippen molar-refractivity contribution < 1.29 is 13.2 Å². The van der Waals surface area contributed by atoms with Crippen molar-refractivity contribution >= 4 is 21.7 Å². The van der Waals surface area contributed by atoms with Crippen LogP contribution < -0.4 is 21.3 Å². The lowest BCUT2D eigenvalue weighted by Gasteiger charge is -2.06. The summed E-state index contributed by atoms with van der Waals surface area (Å²) in [6.45, 7) is 0.625. The van der Waals surface area contributed by atoms with Crippen LogP contribution in [-0.2, 0) is 10.0 Å². The lowest BCUT2D eigenvalue weighted by atomic mass is 10.3. The number of hydrazine groups is 1. The Bertz CT molecular complexity index is 532. The fourth-order valence-electron chi connectivity index (χ4n) is 1.28. The zero-order chi connectivity index (χ0) is 14.3. The normalized spacial score (nSPS) is 11.1. The van der Waals surface area contributed by atoms with Crippen molar-refractivity contribution in [2.75, 3.05) is 24.8 Å². The smallest absolute Gasteiger partial charge is 0.269 e. The third kappa shape index (κ3) is 6.13. The molecule has 5 N–H and O–H groups in total.